The predicted octanol–water partition coefficient (Wildman–Crippen LogP) is 5.37. The zero-order chi connectivity index (χ0) is 20.6. The van der Waals surface area contributed by atoms with E-state index in [1.165, 1.54) is 41.6 Å². The number of thiophene rings is 1. The highest BCUT2D eigenvalue weighted by Crippen LogP contribution is 2.52. The van der Waals surface area contributed by atoms with Crippen molar-refractivity contribution in [1.29, 1.82) is 0 Å². The van der Waals surface area contributed by atoms with Gasteiger partial charge in [0.2, 0.25) is 0 Å². The van der Waals surface area contributed by atoms with Gasteiger partial charge < -0.3 is 4.90 Å². The second kappa shape index (κ2) is 6.38. The van der Waals surface area contributed by atoms with Gasteiger partial charge in [0.05, 0.1) is 6.04 Å². The minimum absolute atomic E-state index is 0.0278. The summed E-state index contributed by atoms with van der Waals surface area (Å²) in [4.78, 5) is 3.81. The van der Waals surface area contributed by atoms with E-state index < -0.39 is 0 Å². The van der Waals surface area contributed by atoms with Gasteiger partial charge in [-0.3, -0.25) is 0 Å². The van der Waals surface area contributed by atoms with Crippen molar-refractivity contribution >= 4 is 45.3 Å². The van der Waals surface area contributed by atoms with E-state index in [0.717, 1.165) is 0 Å². The SMILES string of the molecule is C=C1/C(=C\C2=C(C)N(C)C3C=c4c(sc5ccccc45)=CC23C)SC2C=CC=CC12. The van der Waals surface area contributed by atoms with E-state index >= 15 is 0 Å². The smallest absolute Gasteiger partial charge is 0.0606 e. The van der Waals surface area contributed by atoms with E-state index in [9.17, 15) is 0 Å². The predicted molar refractivity (Wildman–Crippen MR) is 133 cm³/mol. The average Bonchev–Trinajstić information content (AvgIpc) is 3.32. The molecule has 0 bridgehead atoms. The van der Waals surface area contributed by atoms with E-state index in [1.807, 2.05) is 23.1 Å². The molecule has 1 aromatic heterocycles. The first-order chi connectivity index (χ1) is 14.5. The summed E-state index contributed by atoms with van der Waals surface area (Å²) in [6.07, 6.45) is 16.4. The molecule has 3 heteroatoms. The number of fused-ring (bicyclic) bond motifs is 5. The minimum atomic E-state index is -0.0278. The molecule has 6 rings (SSSR count). The molecule has 0 spiro atoms. The lowest BCUT2D eigenvalue weighted by molar-refractivity contribution is 0.321. The number of nitrogens with zero attached hydrogens (tertiary/aromatic N) is 1. The first kappa shape index (κ1) is 18.5. The van der Waals surface area contributed by atoms with Crippen molar-refractivity contribution in [1.82, 2.24) is 4.90 Å². The minimum Gasteiger partial charge on any atom is -0.370 e. The summed E-state index contributed by atoms with van der Waals surface area (Å²) >= 11 is 3.89. The fraction of sp³-hybridized carbons (Fsp3) is 0.259. The molecule has 1 fully saturated rings. The first-order valence-corrected chi connectivity index (χ1v) is 12.3. The van der Waals surface area contributed by atoms with Gasteiger partial charge in [-0.2, -0.15) is 0 Å². The van der Waals surface area contributed by atoms with Crippen LogP contribution in [-0.2, 0) is 0 Å². The first-order valence-electron chi connectivity index (χ1n) is 10.6. The molecule has 0 amide bonds. The Bertz CT molecular complexity index is 1350. The van der Waals surface area contributed by atoms with Crippen LogP contribution in [0.4, 0.5) is 0 Å². The van der Waals surface area contributed by atoms with Crippen LogP contribution in [0.1, 0.15) is 13.8 Å². The molecule has 0 radical (unpaired) electrons. The van der Waals surface area contributed by atoms with Crippen molar-refractivity contribution in [2.75, 3.05) is 7.05 Å². The Balaban J connectivity index is 1.50. The van der Waals surface area contributed by atoms with Gasteiger partial charge in [0.15, 0.2) is 0 Å². The number of allylic oxidation sites excluding steroid dienone is 6. The molecule has 2 aliphatic carbocycles. The molecule has 30 heavy (non-hydrogen) atoms. The third-order valence-corrected chi connectivity index (χ3v) is 9.78. The van der Waals surface area contributed by atoms with Crippen LogP contribution in [0, 0.1) is 11.3 Å². The van der Waals surface area contributed by atoms with Crippen molar-refractivity contribution in [2.45, 2.75) is 25.1 Å². The standard InChI is InChI=1S/C27H25NS2/c1-16-18-9-5-7-11-22(18)29-24(16)14-21-17(2)28(4)26-13-20-19-10-6-8-12-23(19)30-25(20)15-27(21,26)3/h5-15,18,22,26H,1H2,2-4H3/b24-14+. The van der Waals surface area contributed by atoms with Crippen molar-refractivity contribution in [2.24, 2.45) is 11.3 Å². The summed E-state index contributed by atoms with van der Waals surface area (Å²) in [6.45, 7) is 9.16. The molecule has 0 N–H and O–H groups in total. The van der Waals surface area contributed by atoms with Crippen molar-refractivity contribution in [3.63, 3.8) is 0 Å². The fourth-order valence-corrected chi connectivity index (χ4v) is 8.11. The molecule has 3 heterocycles. The second-order valence-corrected chi connectivity index (χ2v) is 11.2. The highest BCUT2D eigenvalue weighted by molar-refractivity contribution is 8.04. The lowest BCUT2D eigenvalue weighted by Crippen LogP contribution is -2.43. The van der Waals surface area contributed by atoms with Gasteiger partial charge in [0.25, 0.3) is 0 Å². The zero-order valence-corrected chi connectivity index (χ0v) is 19.2. The highest BCUT2D eigenvalue weighted by Gasteiger charge is 2.45. The number of hydrogen-bond donors (Lipinski definition) is 0. The van der Waals surface area contributed by atoms with Crippen LogP contribution in [0.5, 0.6) is 0 Å². The second-order valence-electron chi connectivity index (χ2n) is 8.94. The molecule has 1 aromatic carbocycles. The molecule has 4 unspecified atom stereocenters. The van der Waals surface area contributed by atoms with Gasteiger partial charge in [-0.15, -0.1) is 23.1 Å². The van der Waals surface area contributed by atoms with Crippen LogP contribution in [0.2, 0.25) is 0 Å². The Hall–Kier alpha value is -2.23. The molecule has 0 saturated carbocycles. The van der Waals surface area contributed by atoms with Gasteiger partial charge in [-0.05, 0) is 42.4 Å². The van der Waals surface area contributed by atoms with Crippen LogP contribution < -0.4 is 9.75 Å². The van der Waals surface area contributed by atoms with Gasteiger partial charge >= 0.3 is 0 Å². The van der Waals surface area contributed by atoms with Crippen LogP contribution in [0.15, 0.2) is 83.0 Å². The van der Waals surface area contributed by atoms with Gasteiger partial charge in [-0.25, -0.2) is 0 Å². The van der Waals surface area contributed by atoms with Crippen molar-refractivity contribution < 1.29 is 0 Å². The lowest BCUT2D eigenvalue weighted by atomic mass is 9.74. The Morgan fingerprint density at radius 2 is 1.97 bits per heavy atom. The van der Waals surface area contributed by atoms with Crippen molar-refractivity contribution in [3.8, 4) is 0 Å². The summed E-state index contributed by atoms with van der Waals surface area (Å²) in [5.41, 5.74) is 4.05. The van der Waals surface area contributed by atoms with Crippen molar-refractivity contribution in [3.05, 3.63) is 92.7 Å². The van der Waals surface area contributed by atoms with Crippen LogP contribution in [-0.4, -0.2) is 23.2 Å². The normalized spacial score (nSPS) is 33.0. The molecule has 1 saturated heterocycles. The molecule has 1 nitrogen and oxygen atoms in total. The van der Waals surface area contributed by atoms with E-state index in [-0.39, 0.29) is 5.41 Å². The molecule has 150 valence electrons. The summed E-state index contributed by atoms with van der Waals surface area (Å²) in [7, 11) is 2.25. The molecule has 4 atom stereocenters. The fourth-order valence-electron chi connectivity index (χ4n) is 5.51. The Morgan fingerprint density at radius 1 is 1.17 bits per heavy atom. The van der Waals surface area contributed by atoms with E-state index in [4.69, 9.17) is 0 Å². The Labute approximate surface area is 186 Å². The zero-order valence-electron chi connectivity index (χ0n) is 17.6. The molecule has 2 aliphatic heterocycles. The monoisotopic (exact) mass is 427 g/mol. The number of hydrogen-bond acceptors (Lipinski definition) is 3. The average molecular weight is 428 g/mol. The van der Waals surface area contributed by atoms with Gasteiger partial charge in [0, 0.05) is 48.9 Å². The van der Waals surface area contributed by atoms with Gasteiger partial charge in [-0.1, -0.05) is 61.2 Å². The largest absolute Gasteiger partial charge is 0.370 e. The number of thioether (sulfide) groups is 1. The highest BCUT2D eigenvalue weighted by atomic mass is 32.2. The Morgan fingerprint density at radius 3 is 2.80 bits per heavy atom. The van der Waals surface area contributed by atoms with E-state index in [0.29, 0.717) is 17.2 Å². The number of rotatable bonds is 1. The third-order valence-electron chi connectivity index (χ3n) is 7.29. The molecule has 4 aliphatic rings. The van der Waals surface area contributed by atoms with E-state index in [1.54, 1.807) is 0 Å². The van der Waals surface area contributed by atoms with Gasteiger partial charge in [0.1, 0.15) is 0 Å². The maximum absolute atomic E-state index is 4.47. The topological polar surface area (TPSA) is 3.24 Å². The third kappa shape index (κ3) is 2.42. The lowest BCUT2D eigenvalue weighted by Gasteiger charge is -2.34. The summed E-state index contributed by atoms with van der Waals surface area (Å²) in [5, 5.41) is 3.29. The quantitative estimate of drug-likeness (QED) is 0.602. The molecular weight excluding hydrogens is 402 g/mol. The summed E-state index contributed by atoms with van der Waals surface area (Å²) < 4.78 is 2.79. The summed E-state index contributed by atoms with van der Waals surface area (Å²) in [6, 6.07) is 9.15. The van der Waals surface area contributed by atoms with Crippen LogP contribution in [0.25, 0.3) is 22.2 Å². The molecule has 2 aromatic rings. The number of benzene rings is 1. The van der Waals surface area contributed by atoms with Crippen LogP contribution >= 0.6 is 23.1 Å². The van der Waals surface area contributed by atoms with Crippen LogP contribution in [0.3, 0.4) is 0 Å². The maximum atomic E-state index is 4.47. The molecular formula is C27H25NS2. The maximum Gasteiger partial charge on any atom is 0.0606 e. The van der Waals surface area contributed by atoms with E-state index in [2.05, 4.69) is 99.2 Å². The summed E-state index contributed by atoms with van der Waals surface area (Å²) in [5.74, 6) is 0.436. The Kier molecular flexibility index (Phi) is 3.94.